The van der Waals surface area contributed by atoms with Gasteiger partial charge in [0.2, 0.25) is 11.8 Å². The molecule has 24 heavy (non-hydrogen) atoms. The van der Waals surface area contributed by atoms with Gasteiger partial charge in [-0.1, -0.05) is 36.4 Å². The first-order valence-corrected chi connectivity index (χ1v) is 8.12. The minimum absolute atomic E-state index is 0.0280. The first kappa shape index (κ1) is 17.5. The normalized spacial score (nSPS) is 10.0. The monoisotopic (exact) mass is 325 g/mol. The van der Waals surface area contributed by atoms with Gasteiger partial charge in [-0.3, -0.25) is 9.59 Å². The zero-order valence-electron chi connectivity index (χ0n) is 13.8. The number of benzene rings is 2. The molecule has 126 valence electrons. The van der Waals surface area contributed by atoms with E-state index in [1.54, 1.807) is 0 Å². The van der Waals surface area contributed by atoms with Gasteiger partial charge >= 0.3 is 0 Å². The summed E-state index contributed by atoms with van der Waals surface area (Å²) in [6.45, 7) is 2.70. The van der Waals surface area contributed by atoms with Crippen molar-refractivity contribution in [3.8, 4) is 0 Å². The van der Waals surface area contributed by atoms with Gasteiger partial charge in [0.25, 0.3) is 0 Å². The Hall–Kier alpha value is -2.82. The van der Waals surface area contributed by atoms with Gasteiger partial charge in [0.05, 0.1) is 6.54 Å². The molecule has 0 aromatic heterocycles. The van der Waals surface area contributed by atoms with Gasteiger partial charge in [0, 0.05) is 24.3 Å². The van der Waals surface area contributed by atoms with E-state index in [0.717, 1.165) is 11.3 Å². The topological polar surface area (TPSA) is 70.2 Å². The SMILES string of the molecule is CCNC(=O)CNc1cccc(NC(=O)CCc2ccccc2)c1. The molecular weight excluding hydrogens is 302 g/mol. The fourth-order valence-electron chi connectivity index (χ4n) is 2.27. The van der Waals surface area contributed by atoms with Crippen LogP contribution < -0.4 is 16.0 Å². The third kappa shape index (κ3) is 6.12. The van der Waals surface area contributed by atoms with Crippen molar-refractivity contribution in [3.05, 3.63) is 60.2 Å². The van der Waals surface area contributed by atoms with Gasteiger partial charge in [0.15, 0.2) is 0 Å². The fraction of sp³-hybridized carbons (Fsp3) is 0.263. The van der Waals surface area contributed by atoms with E-state index in [1.807, 2.05) is 61.5 Å². The van der Waals surface area contributed by atoms with Crippen LogP contribution in [0.3, 0.4) is 0 Å². The summed E-state index contributed by atoms with van der Waals surface area (Å²) in [4.78, 5) is 23.5. The van der Waals surface area contributed by atoms with Crippen molar-refractivity contribution in [2.75, 3.05) is 23.7 Å². The highest BCUT2D eigenvalue weighted by Gasteiger charge is 2.05. The predicted octanol–water partition coefficient (Wildman–Crippen LogP) is 2.81. The van der Waals surface area contributed by atoms with Crippen LogP contribution in [-0.4, -0.2) is 24.9 Å². The number of hydrogen-bond donors (Lipinski definition) is 3. The maximum Gasteiger partial charge on any atom is 0.239 e. The van der Waals surface area contributed by atoms with Crippen molar-refractivity contribution in [1.82, 2.24) is 5.32 Å². The van der Waals surface area contributed by atoms with Crippen molar-refractivity contribution >= 4 is 23.2 Å². The zero-order valence-corrected chi connectivity index (χ0v) is 13.8. The van der Waals surface area contributed by atoms with E-state index in [2.05, 4.69) is 16.0 Å². The Morgan fingerprint density at radius 3 is 2.42 bits per heavy atom. The van der Waals surface area contributed by atoms with Crippen molar-refractivity contribution in [3.63, 3.8) is 0 Å². The van der Waals surface area contributed by atoms with Crippen molar-refractivity contribution in [1.29, 1.82) is 0 Å². The molecule has 0 aliphatic rings. The highest BCUT2D eigenvalue weighted by atomic mass is 16.2. The van der Waals surface area contributed by atoms with Gasteiger partial charge in [-0.05, 0) is 37.1 Å². The molecule has 3 N–H and O–H groups in total. The Kier molecular flexibility index (Phi) is 6.83. The molecule has 0 saturated carbocycles. The molecule has 0 heterocycles. The fourth-order valence-corrected chi connectivity index (χ4v) is 2.27. The number of carbonyl (C=O) groups is 2. The molecule has 0 atom stereocenters. The van der Waals surface area contributed by atoms with Crippen molar-refractivity contribution in [2.24, 2.45) is 0 Å². The van der Waals surface area contributed by atoms with Crippen LogP contribution in [0.5, 0.6) is 0 Å². The minimum Gasteiger partial charge on any atom is -0.376 e. The summed E-state index contributed by atoms with van der Waals surface area (Å²) in [5.41, 5.74) is 2.65. The number of likely N-dealkylation sites (N-methyl/N-ethyl adjacent to an activating group) is 1. The van der Waals surface area contributed by atoms with Gasteiger partial charge in [-0.15, -0.1) is 0 Å². The van der Waals surface area contributed by atoms with Gasteiger partial charge in [-0.2, -0.15) is 0 Å². The number of carbonyl (C=O) groups excluding carboxylic acids is 2. The van der Waals surface area contributed by atoms with Crippen LogP contribution in [0.2, 0.25) is 0 Å². The van der Waals surface area contributed by atoms with Crippen molar-refractivity contribution in [2.45, 2.75) is 19.8 Å². The highest BCUT2D eigenvalue weighted by Crippen LogP contribution is 2.15. The number of hydrogen-bond acceptors (Lipinski definition) is 3. The average Bonchev–Trinajstić information content (AvgIpc) is 2.60. The van der Waals surface area contributed by atoms with Crippen LogP contribution in [-0.2, 0) is 16.0 Å². The smallest absolute Gasteiger partial charge is 0.239 e. The summed E-state index contributed by atoms with van der Waals surface area (Å²) < 4.78 is 0. The molecule has 2 rings (SSSR count). The molecule has 0 bridgehead atoms. The Balaban J connectivity index is 1.82. The lowest BCUT2D eigenvalue weighted by Gasteiger charge is -2.09. The number of amides is 2. The van der Waals surface area contributed by atoms with Crippen LogP contribution in [0.15, 0.2) is 54.6 Å². The first-order chi connectivity index (χ1) is 11.7. The molecule has 0 radical (unpaired) electrons. The van der Waals surface area contributed by atoms with Crippen LogP contribution in [0.4, 0.5) is 11.4 Å². The lowest BCUT2D eigenvalue weighted by Crippen LogP contribution is -2.29. The van der Waals surface area contributed by atoms with Crippen molar-refractivity contribution < 1.29 is 9.59 Å². The summed E-state index contributed by atoms with van der Waals surface area (Å²) in [7, 11) is 0. The quantitative estimate of drug-likeness (QED) is 0.699. The molecular formula is C19H23N3O2. The van der Waals surface area contributed by atoms with Crippen LogP contribution >= 0.6 is 0 Å². The molecule has 2 amide bonds. The van der Waals surface area contributed by atoms with E-state index in [0.29, 0.717) is 25.1 Å². The summed E-state index contributed by atoms with van der Waals surface area (Å²) >= 11 is 0. The summed E-state index contributed by atoms with van der Waals surface area (Å²) in [6, 6.07) is 17.3. The lowest BCUT2D eigenvalue weighted by atomic mass is 10.1. The van der Waals surface area contributed by atoms with Gasteiger partial charge < -0.3 is 16.0 Å². The van der Waals surface area contributed by atoms with E-state index >= 15 is 0 Å². The van der Waals surface area contributed by atoms with E-state index < -0.39 is 0 Å². The Bertz CT molecular complexity index is 671. The minimum atomic E-state index is -0.0604. The van der Waals surface area contributed by atoms with Crippen LogP contribution in [0.1, 0.15) is 18.9 Å². The Morgan fingerprint density at radius 1 is 0.917 bits per heavy atom. The van der Waals surface area contributed by atoms with Gasteiger partial charge in [-0.25, -0.2) is 0 Å². The van der Waals surface area contributed by atoms with E-state index in [1.165, 1.54) is 0 Å². The molecule has 5 heteroatoms. The second-order valence-electron chi connectivity index (χ2n) is 5.42. The molecule has 0 saturated heterocycles. The summed E-state index contributed by atoms with van der Waals surface area (Å²) in [6.07, 6.45) is 1.14. The number of rotatable bonds is 8. The molecule has 2 aromatic rings. The van der Waals surface area contributed by atoms with Crippen LogP contribution in [0, 0.1) is 0 Å². The molecule has 2 aromatic carbocycles. The largest absolute Gasteiger partial charge is 0.376 e. The van der Waals surface area contributed by atoms with Crippen LogP contribution in [0.25, 0.3) is 0 Å². The third-order valence-electron chi connectivity index (χ3n) is 3.46. The molecule has 0 fully saturated rings. The summed E-state index contributed by atoms with van der Waals surface area (Å²) in [5.74, 6) is -0.0884. The Morgan fingerprint density at radius 2 is 1.67 bits per heavy atom. The lowest BCUT2D eigenvalue weighted by molar-refractivity contribution is -0.119. The second kappa shape index (κ2) is 9.35. The molecule has 0 aliphatic carbocycles. The first-order valence-electron chi connectivity index (χ1n) is 8.12. The Labute approximate surface area is 142 Å². The second-order valence-corrected chi connectivity index (χ2v) is 5.42. The third-order valence-corrected chi connectivity index (χ3v) is 3.46. The molecule has 5 nitrogen and oxygen atoms in total. The molecule has 0 spiro atoms. The number of nitrogens with one attached hydrogen (secondary N) is 3. The summed E-state index contributed by atoms with van der Waals surface area (Å²) in [5, 5.41) is 8.65. The molecule has 0 unspecified atom stereocenters. The standard InChI is InChI=1S/C19H23N3O2/c1-2-20-19(24)14-21-16-9-6-10-17(13-16)22-18(23)12-11-15-7-4-3-5-8-15/h3-10,13,21H,2,11-12,14H2,1H3,(H,20,24)(H,22,23). The average molecular weight is 325 g/mol. The maximum absolute atomic E-state index is 12.1. The highest BCUT2D eigenvalue weighted by molar-refractivity contribution is 5.91. The van der Waals surface area contributed by atoms with Gasteiger partial charge in [0.1, 0.15) is 0 Å². The maximum atomic E-state index is 12.1. The van der Waals surface area contributed by atoms with E-state index in [-0.39, 0.29) is 18.4 Å². The number of anilines is 2. The number of aryl methyl sites for hydroxylation is 1. The predicted molar refractivity (Wildman–Crippen MR) is 97.0 cm³/mol. The zero-order chi connectivity index (χ0) is 17.2. The van der Waals surface area contributed by atoms with E-state index in [9.17, 15) is 9.59 Å². The molecule has 0 aliphatic heterocycles. The van der Waals surface area contributed by atoms with E-state index in [4.69, 9.17) is 0 Å².